The van der Waals surface area contributed by atoms with E-state index in [1.54, 1.807) is 43.3 Å². The first kappa shape index (κ1) is 24.4. The Morgan fingerprint density at radius 2 is 1.71 bits per heavy atom. The number of anilines is 2. The number of nitrogens with zero attached hydrogens (tertiary/aromatic N) is 1. The third-order valence-electron chi connectivity index (χ3n) is 5.04. The number of amides is 2. The van der Waals surface area contributed by atoms with Crippen LogP contribution in [0.4, 0.5) is 11.4 Å². The van der Waals surface area contributed by atoms with Crippen LogP contribution in [-0.2, 0) is 14.8 Å². The fourth-order valence-electron chi connectivity index (χ4n) is 3.26. The van der Waals surface area contributed by atoms with Crippen LogP contribution >= 0.6 is 0 Å². The largest absolute Gasteiger partial charge is 0.352 e. The molecule has 2 aromatic carbocycles. The SMILES string of the molecule is CCCNC(=O)c1ccccc1NC(=O)[C@@H](CC)N(c1ccc(C)c(C)c1)S(C)(=O)=O. The molecular weight excluding hydrogens is 414 g/mol. The van der Waals surface area contributed by atoms with Gasteiger partial charge >= 0.3 is 0 Å². The molecule has 0 radical (unpaired) electrons. The predicted octanol–water partition coefficient (Wildman–Crippen LogP) is 3.63. The highest BCUT2D eigenvalue weighted by Crippen LogP contribution is 2.26. The number of para-hydroxylation sites is 1. The van der Waals surface area contributed by atoms with Gasteiger partial charge in [-0.05, 0) is 62.1 Å². The molecule has 2 aromatic rings. The maximum atomic E-state index is 13.2. The van der Waals surface area contributed by atoms with Gasteiger partial charge in [0.05, 0.1) is 23.2 Å². The average molecular weight is 446 g/mol. The summed E-state index contributed by atoms with van der Waals surface area (Å²) < 4.78 is 26.5. The standard InChI is InChI=1S/C23H31N3O4S/c1-6-14-24-22(27)19-10-8-9-11-20(19)25-23(28)21(7-2)26(31(5,29)30)18-13-12-16(3)17(4)15-18/h8-13,15,21H,6-7,14H2,1-5H3,(H,24,27)(H,25,28)/t21-/m1/s1. The smallest absolute Gasteiger partial charge is 0.253 e. The van der Waals surface area contributed by atoms with Gasteiger partial charge in [0.15, 0.2) is 0 Å². The van der Waals surface area contributed by atoms with E-state index in [9.17, 15) is 18.0 Å². The van der Waals surface area contributed by atoms with E-state index in [0.29, 0.717) is 23.5 Å². The van der Waals surface area contributed by atoms with Gasteiger partial charge in [-0.15, -0.1) is 0 Å². The van der Waals surface area contributed by atoms with Crippen molar-refractivity contribution < 1.29 is 18.0 Å². The predicted molar refractivity (Wildman–Crippen MR) is 125 cm³/mol. The van der Waals surface area contributed by atoms with Crippen molar-refractivity contribution in [2.75, 3.05) is 22.4 Å². The van der Waals surface area contributed by atoms with Crippen LogP contribution in [0.5, 0.6) is 0 Å². The third kappa shape index (κ3) is 6.07. The van der Waals surface area contributed by atoms with Crippen LogP contribution < -0.4 is 14.9 Å². The van der Waals surface area contributed by atoms with Gasteiger partial charge in [-0.2, -0.15) is 0 Å². The Balaban J connectivity index is 2.39. The molecule has 7 nitrogen and oxygen atoms in total. The van der Waals surface area contributed by atoms with Gasteiger partial charge in [-0.1, -0.05) is 32.0 Å². The molecular formula is C23H31N3O4S. The Bertz CT molecular complexity index is 1050. The second-order valence-electron chi connectivity index (χ2n) is 7.54. The van der Waals surface area contributed by atoms with E-state index in [1.165, 1.54) is 0 Å². The van der Waals surface area contributed by atoms with Crippen LogP contribution in [0.15, 0.2) is 42.5 Å². The van der Waals surface area contributed by atoms with E-state index in [4.69, 9.17) is 0 Å². The molecule has 0 saturated carbocycles. The molecule has 0 saturated heterocycles. The summed E-state index contributed by atoms with van der Waals surface area (Å²) in [5.74, 6) is -0.790. The normalized spacial score (nSPS) is 12.2. The number of carbonyl (C=O) groups is 2. The fourth-order valence-corrected chi connectivity index (χ4v) is 4.47. The molecule has 1 atom stereocenters. The van der Waals surface area contributed by atoms with Crippen molar-refractivity contribution in [1.29, 1.82) is 0 Å². The minimum atomic E-state index is -3.74. The quantitative estimate of drug-likeness (QED) is 0.616. The first-order chi connectivity index (χ1) is 14.6. The Labute approximate surface area is 184 Å². The Kier molecular flexibility index (Phi) is 8.21. The van der Waals surface area contributed by atoms with Crippen LogP contribution in [-0.4, -0.2) is 39.1 Å². The van der Waals surface area contributed by atoms with E-state index in [2.05, 4.69) is 10.6 Å². The lowest BCUT2D eigenvalue weighted by Crippen LogP contribution is -2.47. The maximum absolute atomic E-state index is 13.2. The van der Waals surface area contributed by atoms with Gasteiger partial charge in [0.1, 0.15) is 6.04 Å². The average Bonchev–Trinajstić information content (AvgIpc) is 2.71. The molecule has 0 fully saturated rings. The Hall–Kier alpha value is -2.87. The number of benzene rings is 2. The molecule has 0 aliphatic carbocycles. The highest BCUT2D eigenvalue weighted by Gasteiger charge is 2.32. The zero-order valence-corrected chi connectivity index (χ0v) is 19.5. The summed E-state index contributed by atoms with van der Waals surface area (Å²) in [6.07, 6.45) is 2.14. The monoisotopic (exact) mass is 445 g/mol. The molecule has 0 bridgehead atoms. The second kappa shape index (κ2) is 10.4. The first-order valence-corrected chi connectivity index (χ1v) is 12.2. The lowest BCUT2D eigenvalue weighted by atomic mass is 10.1. The first-order valence-electron chi connectivity index (χ1n) is 10.3. The molecule has 31 heavy (non-hydrogen) atoms. The van der Waals surface area contributed by atoms with Crippen LogP contribution in [0, 0.1) is 13.8 Å². The summed E-state index contributed by atoms with van der Waals surface area (Å²) in [4.78, 5) is 25.7. The van der Waals surface area contributed by atoms with Crippen molar-refractivity contribution in [3.8, 4) is 0 Å². The molecule has 0 aliphatic heterocycles. The van der Waals surface area contributed by atoms with Gasteiger partial charge in [-0.3, -0.25) is 13.9 Å². The molecule has 2 amide bonds. The zero-order valence-electron chi connectivity index (χ0n) is 18.7. The number of carbonyl (C=O) groups excluding carboxylic acids is 2. The van der Waals surface area contributed by atoms with Crippen LogP contribution in [0.2, 0.25) is 0 Å². The third-order valence-corrected chi connectivity index (χ3v) is 6.22. The molecule has 8 heteroatoms. The van der Waals surface area contributed by atoms with Crippen molar-refractivity contribution in [1.82, 2.24) is 5.32 Å². The summed E-state index contributed by atoms with van der Waals surface area (Å²) >= 11 is 0. The maximum Gasteiger partial charge on any atom is 0.253 e. The van der Waals surface area contributed by atoms with Crippen molar-refractivity contribution in [2.24, 2.45) is 0 Å². The summed E-state index contributed by atoms with van der Waals surface area (Å²) in [7, 11) is -3.74. The van der Waals surface area contributed by atoms with Crippen molar-refractivity contribution in [3.63, 3.8) is 0 Å². The number of nitrogens with one attached hydrogen (secondary N) is 2. The van der Waals surface area contributed by atoms with E-state index in [0.717, 1.165) is 28.1 Å². The Morgan fingerprint density at radius 1 is 1.03 bits per heavy atom. The van der Waals surface area contributed by atoms with Crippen LogP contribution in [0.3, 0.4) is 0 Å². The fraction of sp³-hybridized carbons (Fsp3) is 0.391. The van der Waals surface area contributed by atoms with E-state index in [-0.39, 0.29) is 12.3 Å². The lowest BCUT2D eigenvalue weighted by molar-refractivity contribution is -0.117. The molecule has 0 aliphatic rings. The summed E-state index contributed by atoms with van der Waals surface area (Å²) in [5, 5.41) is 5.55. The topological polar surface area (TPSA) is 95.6 Å². The van der Waals surface area contributed by atoms with E-state index >= 15 is 0 Å². The summed E-state index contributed by atoms with van der Waals surface area (Å²) in [5.41, 5.74) is 3.06. The number of hydrogen-bond donors (Lipinski definition) is 2. The molecule has 168 valence electrons. The zero-order chi connectivity index (χ0) is 23.2. The highest BCUT2D eigenvalue weighted by molar-refractivity contribution is 7.92. The molecule has 2 rings (SSSR count). The number of aryl methyl sites for hydroxylation is 2. The Morgan fingerprint density at radius 3 is 2.29 bits per heavy atom. The van der Waals surface area contributed by atoms with Crippen molar-refractivity contribution in [2.45, 2.75) is 46.6 Å². The van der Waals surface area contributed by atoms with Gasteiger partial charge in [-0.25, -0.2) is 8.42 Å². The van der Waals surface area contributed by atoms with E-state index < -0.39 is 22.0 Å². The van der Waals surface area contributed by atoms with Gasteiger partial charge in [0, 0.05) is 6.54 Å². The van der Waals surface area contributed by atoms with Gasteiger partial charge in [0.2, 0.25) is 15.9 Å². The number of sulfonamides is 1. The molecule has 0 heterocycles. The minimum absolute atomic E-state index is 0.260. The number of hydrogen-bond acceptors (Lipinski definition) is 4. The summed E-state index contributed by atoms with van der Waals surface area (Å²) in [6, 6.07) is 11.0. The second-order valence-corrected chi connectivity index (χ2v) is 9.40. The van der Waals surface area contributed by atoms with Gasteiger partial charge < -0.3 is 10.6 Å². The van der Waals surface area contributed by atoms with Crippen LogP contribution in [0.25, 0.3) is 0 Å². The minimum Gasteiger partial charge on any atom is -0.352 e. The molecule has 0 aromatic heterocycles. The molecule has 2 N–H and O–H groups in total. The van der Waals surface area contributed by atoms with Crippen molar-refractivity contribution >= 4 is 33.2 Å². The van der Waals surface area contributed by atoms with Crippen LogP contribution in [0.1, 0.15) is 48.2 Å². The summed E-state index contributed by atoms with van der Waals surface area (Å²) in [6.45, 7) is 8.06. The highest BCUT2D eigenvalue weighted by atomic mass is 32.2. The molecule has 0 spiro atoms. The lowest BCUT2D eigenvalue weighted by Gasteiger charge is -2.30. The molecule has 0 unspecified atom stereocenters. The number of rotatable bonds is 9. The van der Waals surface area contributed by atoms with E-state index in [1.807, 2.05) is 26.8 Å². The van der Waals surface area contributed by atoms with Gasteiger partial charge in [0.25, 0.3) is 5.91 Å². The van der Waals surface area contributed by atoms with Crippen molar-refractivity contribution in [3.05, 3.63) is 59.2 Å².